The van der Waals surface area contributed by atoms with E-state index in [0.717, 1.165) is 12.8 Å². The Labute approximate surface area is 141 Å². The Morgan fingerprint density at radius 1 is 1.00 bits per heavy atom. The zero-order valence-electron chi connectivity index (χ0n) is 12.5. The third-order valence-corrected chi connectivity index (χ3v) is 4.30. The van der Waals surface area contributed by atoms with Crippen LogP contribution in [0.1, 0.15) is 48.4 Å². The van der Waals surface area contributed by atoms with Crippen LogP contribution in [0.3, 0.4) is 0 Å². The standard InChI is InChI=1S/C15H17F6NO.ClH/c16-14(17,18)9-5-6-10(11(7-9)15(19,20)21)12(22)13(23)8-3-1-2-4-8;/h5-8,12-13,23H,1-4,22H2;1H/t12-,13+;/m0./s1. The van der Waals surface area contributed by atoms with Crippen molar-refractivity contribution >= 4 is 12.4 Å². The van der Waals surface area contributed by atoms with Gasteiger partial charge in [-0.25, -0.2) is 0 Å². The monoisotopic (exact) mass is 377 g/mol. The third-order valence-electron chi connectivity index (χ3n) is 4.30. The fraction of sp³-hybridized carbons (Fsp3) is 0.600. The average molecular weight is 378 g/mol. The highest BCUT2D eigenvalue weighted by atomic mass is 35.5. The molecule has 1 aliphatic carbocycles. The summed E-state index contributed by atoms with van der Waals surface area (Å²) in [6.45, 7) is 0. The lowest BCUT2D eigenvalue weighted by Crippen LogP contribution is -2.33. The summed E-state index contributed by atoms with van der Waals surface area (Å²) < 4.78 is 77.3. The van der Waals surface area contributed by atoms with Gasteiger partial charge in [-0.1, -0.05) is 18.9 Å². The molecule has 0 aliphatic heterocycles. The number of halogens is 7. The Hall–Kier alpha value is -0.990. The van der Waals surface area contributed by atoms with Gasteiger partial charge >= 0.3 is 12.4 Å². The zero-order valence-corrected chi connectivity index (χ0v) is 13.3. The van der Waals surface area contributed by atoms with Gasteiger partial charge in [-0.05, 0) is 36.5 Å². The van der Waals surface area contributed by atoms with E-state index in [1.807, 2.05) is 0 Å². The smallest absolute Gasteiger partial charge is 0.391 e. The summed E-state index contributed by atoms with van der Waals surface area (Å²) in [6.07, 6.45) is -8.07. The first-order chi connectivity index (χ1) is 10.5. The molecule has 9 heteroatoms. The summed E-state index contributed by atoms with van der Waals surface area (Å²) in [7, 11) is 0. The zero-order chi connectivity index (χ0) is 17.4. The maximum absolute atomic E-state index is 13.1. The van der Waals surface area contributed by atoms with E-state index in [0.29, 0.717) is 25.0 Å². The van der Waals surface area contributed by atoms with Crippen LogP contribution in [-0.4, -0.2) is 11.2 Å². The Morgan fingerprint density at radius 3 is 2.00 bits per heavy atom. The Bertz CT molecular complexity index is 554. The molecule has 1 fully saturated rings. The number of benzene rings is 1. The molecule has 0 bridgehead atoms. The summed E-state index contributed by atoms with van der Waals surface area (Å²) in [5.41, 5.74) is 2.39. The first-order valence-electron chi connectivity index (χ1n) is 7.24. The van der Waals surface area contributed by atoms with Crippen LogP contribution in [0.25, 0.3) is 0 Å². The summed E-state index contributed by atoms with van der Waals surface area (Å²) in [5.74, 6) is -0.228. The molecular weight excluding hydrogens is 360 g/mol. The second-order valence-electron chi connectivity index (χ2n) is 5.86. The topological polar surface area (TPSA) is 46.2 Å². The SMILES string of the molecule is Cl.N[C@@H](c1ccc(C(F)(F)F)cc1C(F)(F)F)[C@H](O)C1CCCC1. The van der Waals surface area contributed by atoms with Gasteiger partial charge in [-0.2, -0.15) is 26.3 Å². The van der Waals surface area contributed by atoms with E-state index < -0.39 is 41.2 Å². The fourth-order valence-corrected chi connectivity index (χ4v) is 3.04. The van der Waals surface area contributed by atoms with E-state index in [9.17, 15) is 31.4 Å². The van der Waals surface area contributed by atoms with E-state index in [1.54, 1.807) is 0 Å². The number of hydrogen-bond donors (Lipinski definition) is 2. The van der Waals surface area contributed by atoms with E-state index >= 15 is 0 Å². The van der Waals surface area contributed by atoms with Gasteiger partial charge in [-0.15, -0.1) is 12.4 Å². The van der Waals surface area contributed by atoms with Crippen LogP contribution in [0, 0.1) is 5.92 Å². The number of nitrogens with two attached hydrogens (primary N) is 1. The number of rotatable bonds is 3. The fourth-order valence-electron chi connectivity index (χ4n) is 3.04. The second kappa shape index (κ2) is 7.49. The highest BCUT2D eigenvalue weighted by molar-refractivity contribution is 5.85. The molecule has 1 aromatic carbocycles. The van der Waals surface area contributed by atoms with Crippen molar-refractivity contribution in [2.75, 3.05) is 0 Å². The molecule has 2 atom stereocenters. The minimum Gasteiger partial charge on any atom is -0.391 e. The molecule has 2 nitrogen and oxygen atoms in total. The molecule has 3 N–H and O–H groups in total. The van der Waals surface area contributed by atoms with Crippen molar-refractivity contribution in [2.45, 2.75) is 50.2 Å². The normalized spacial score (nSPS) is 19.0. The van der Waals surface area contributed by atoms with Gasteiger partial charge in [0.1, 0.15) is 0 Å². The minimum atomic E-state index is -4.98. The van der Waals surface area contributed by atoms with Gasteiger partial charge < -0.3 is 10.8 Å². The molecule has 1 aromatic rings. The van der Waals surface area contributed by atoms with Gasteiger partial charge in [0.2, 0.25) is 0 Å². The van der Waals surface area contributed by atoms with Crippen LogP contribution in [0.15, 0.2) is 18.2 Å². The van der Waals surface area contributed by atoms with E-state index in [-0.39, 0.29) is 24.4 Å². The Morgan fingerprint density at radius 2 is 1.54 bits per heavy atom. The summed E-state index contributed by atoms with van der Waals surface area (Å²) in [5, 5.41) is 10.2. The molecule has 1 saturated carbocycles. The average Bonchev–Trinajstić information content (AvgIpc) is 2.97. The molecule has 0 heterocycles. The van der Waals surface area contributed by atoms with E-state index in [4.69, 9.17) is 5.73 Å². The lowest BCUT2D eigenvalue weighted by atomic mass is 9.88. The van der Waals surface area contributed by atoms with Gasteiger partial charge in [0.05, 0.1) is 23.3 Å². The molecule has 0 amide bonds. The van der Waals surface area contributed by atoms with Gasteiger partial charge in [0.25, 0.3) is 0 Å². The molecule has 0 spiro atoms. The maximum atomic E-state index is 13.1. The summed E-state index contributed by atoms with van der Waals surface area (Å²) >= 11 is 0. The summed E-state index contributed by atoms with van der Waals surface area (Å²) in [4.78, 5) is 0. The first-order valence-corrected chi connectivity index (χ1v) is 7.24. The van der Waals surface area contributed by atoms with Crippen molar-refractivity contribution in [1.29, 1.82) is 0 Å². The molecule has 0 saturated heterocycles. The first kappa shape index (κ1) is 21.1. The van der Waals surface area contributed by atoms with Gasteiger partial charge in [-0.3, -0.25) is 0 Å². The van der Waals surface area contributed by atoms with E-state index in [2.05, 4.69) is 0 Å². The van der Waals surface area contributed by atoms with Crippen molar-refractivity contribution in [3.8, 4) is 0 Å². The van der Waals surface area contributed by atoms with Crippen molar-refractivity contribution in [2.24, 2.45) is 11.7 Å². The number of hydrogen-bond acceptors (Lipinski definition) is 2. The van der Waals surface area contributed by atoms with Crippen LogP contribution < -0.4 is 5.73 Å². The van der Waals surface area contributed by atoms with Crippen molar-refractivity contribution < 1.29 is 31.4 Å². The van der Waals surface area contributed by atoms with E-state index in [1.165, 1.54) is 0 Å². The number of aliphatic hydroxyl groups is 1. The number of alkyl halides is 6. The second-order valence-corrected chi connectivity index (χ2v) is 5.86. The van der Waals surface area contributed by atoms with Crippen LogP contribution >= 0.6 is 12.4 Å². The molecule has 138 valence electrons. The van der Waals surface area contributed by atoms with Crippen LogP contribution in [0.2, 0.25) is 0 Å². The van der Waals surface area contributed by atoms with Crippen molar-refractivity contribution in [1.82, 2.24) is 0 Å². The lowest BCUT2D eigenvalue weighted by molar-refractivity contribution is -0.143. The highest BCUT2D eigenvalue weighted by Gasteiger charge is 2.40. The largest absolute Gasteiger partial charge is 0.416 e. The lowest BCUT2D eigenvalue weighted by Gasteiger charge is -2.27. The third kappa shape index (κ3) is 4.55. The van der Waals surface area contributed by atoms with Crippen molar-refractivity contribution in [3.05, 3.63) is 34.9 Å². The van der Waals surface area contributed by atoms with Crippen LogP contribution in [-0.2, 0) is 12.4 Å². The molecule has 2 rings (SSSR count). The van der Waals surface area contributed by atoms with Gasteiger partial charge in [0, 0.05) is 0 Å². The molecule has 24 heavy (non-hydrogen) atoms. The molecule has 1 aliphatic rings. The molecule has 0 unspecified atom stereocenters. The minimum absolute atomic E-state index is 0. The Kier molecular flexibility index (Phi) is 6.57. The quantitative estimate of drug-likeness (QED) is 0.750. The van der Waals surface area contributed by atoms with Crippen LogP contribution in [0.5, 0.6) is 0 Å². The van der Waals surface area contributed by atoms with Crippen LogP contribution in [0.4, 0.5) is 26.3 Å². The predicted octanol–water partition coefficient (Wildman–Crippen LogP) is 4.70. The Balaban J connectivity index is 0.00000288. The highest BCUT2D eigenvalue weighted by Crippen LogP contribution is 2.41. The maximum Gasteiger partial charge on any atom is 0.416 e. The van der Waals surface area contributed by atoms with Crippen molar-refractivity contribution in [3.63, 3.8) is 0 Å². The number of aliphatic hydroxyl groups excluding tert-OH is 1. The summed E-state index contributed by atoms with van der Waals surface area (Å²) in [6, 6.07) is -0.0476. The predicted molar refractivity (Wildman–Crippen MR) is 78.6 cm³/mol. The molecule has 0 radical (unpaired) electrons. The van der Waals surface area contributed by atoms with Gasteiger partial charge in [0.15, 0.2) is 0 Å². The molecular formula is C15H18ClF6NO. The molecule has 0 aromatic heterocycles.